The van der Waals surface area contributed by atoms with Crippen LogP contribution in [0.5, 0.6) is 11.5 Å². The quantitative estimate of drug-likeness (QED) is 0.844. The van der Waals surface area contributed by atoms with Gasteiger partial charge in [-0.05, 0) is 49.3 Å². The lowest BCUT2D eigenvalue weighted by Crippen LogP contribution is -2.31. The minimum atomic E-state index is -0.765. The fraction of sp³-hybridized carbons (Fsp3) is 0.600. The Balaban J connectivity index is 1.47. The molecule has 1 amide bonds. The Morgan fingerprint density at radius 3 is 2.50 bits per heavy atom. The van der Waals surface area contributed by atoms with Crippen LogP contribution in [0.3, 0.4) is 0 Å². The van der Waals surface area contributed by atoms with Crippen LogP contribution in [0, 0.1) is 23.7 Å². The number of aliphatic carboxylic acids is 1. The van der Waals surface area contributed by atoms with Crippen LogP contribution < -0.4 is 9.47 Å². The number of carbonyl (C=O) groups is 2. The molecule has 1 saturated heterocycles. The van der Waals surface area contributed by atoms with Crippen molar-refractivity contribution in [2.24, 2.45) is 23.7 Å². The molecule has 26 heavy (non-hydrogen) atoms. The first-order valence-electron chi connectivity index (χ1n) is 9.27. The van der Waals surface area contributed by atoms with Gasteiger partial charge in [-0.3, -0.25) is 9.59 Å². The summed E-state index contributed by atoms with van der Waals surface area (Å²) in [5, 5.41) is 9.50. The van der Waals surface area contributed by atoms with Crippen molar-refractivity contribution in [1.29, 1.82) is 0 Å². The van der Waals surface area contributed by atoms with Crippen LogP contribution in [0.15, 0.2) is 18.2 Å². The van der Waals surface area contributed by atoms with Gasteiger partial charge in [0.25, 0.3) is 0 Å². The van der Waals surface area contributed by atoms with Crippen molar-refractivity contribution in [3.8, 4) is 11.5 Å². The molecule has 2 saturated carbocycles. The molecular weight excluding hydrogens is 334 g/mol. The summed E-state index contributed by atoms with van der Waals surface area (Å²) < 4.78 is 10.7. The topological polar surface area (TPSA) is 76.1 Å². The summed E-state index contributed by atoms with van der Waals surface area (Å²) >= 11 is 0. The summed E-state index contributed by atoms with van der Waals surface area (Å²) in [5.74, 6) is 1.09. The van der Waals surface area contributed by atoms with Gasteiger partial charge in [-0.2, -0.15) is 0 Å². The highest BCUT2D eigenvalue weighted by Gasteiger charge is 2.52. The van der Waals surface area contributed by atoms with Gasteiger partial charge in [0.15, 0.2) is 0 Å². The molecule has 1 aromatic rings. The number of hydrogen-bond donors (Lipinski definition) is 1. The van der Waals surface area contributed by atoms with Crippen molar-refractivity contribution in [2.45, 2.75) is 25.2 Å². The maximum Gasteiger partial charge on any atom is 0.308 e. The highest BCUT2D eigenvalue weighted by Crippen LogP contribution is 2.53. The van der Waals surface area contributed by atoms with Crippen LogP contribution in [0.1, 0.15) is 30.7 Å². The molecule has 2 aliphatic carbocycles. The van der Waals surface area contributed by atoms with Crippen LogP contribution in [-0.4, -0.2) is 49.2 Å². The number of nitrogens with zero attached hydrogens (tertiary/aromatic N) is 1. The van der Waals surface area contributed by atoms with E-state index >= 15 is 0 Å². The molecule has 0 radical (unpaired) electrons. The van der Waals surface area contributed by atoms with Gasteiger partial charge in [0.2, 0.25) is 5.91 Å². The molecule has 140 valence electrons. The molecule has 2 unspecified atom stereocenters. The standard InChI is InChI=1S/C20H25NO5/c1-25-12-5-6-18(26-2)14(7-12)13-8-15(13)19(22)21-9-16(11-3-4-11)17(10-21)20(23)24/h5-7,11,13,15-17H,3-4,8-10H2,1-2H3,(H,23,24)/t13?,15?,16-,17+/m1/s1. The molecule has 3 aliphatic rings. The number of carboxylic acid groups (broad SMARTS) is 1. The van der Waals surface area contributed by atoms with E-state index < -0.39 is 11.9 Å². The number of ether oxygens (including phenoxy) is 2. The Bertz CT molecular complexity index is 729. The summed E-state index contributed by atoms with van der Waals surface area (Å²) in [7, 11) is 3.25. The highest BCUT2D eigenvalue weighted by molar-refractivity contribution is 5.84. The number of carbonyl (C=O) groups excluding carboxylic acids is 1. The molecule has 4 rings (SSSR count). The molecule has 1 aromatic carbocycles. The van der Waals surface area contributed by atoms with Crippen molar-refractivity contribution < 1.29 is 24.2 Å². The average Bonchev–Trinajstić information content (AvgIpc) is 3.57. The Morgan fingerprint density at radius 2 is 1.88 bits per heavy atom. The summed E-state index contributed by atoms with van der Waals surface area (Å²) in [4.78, 5) is 26.3. The number of hydrogen-bond acceptors (Lipinski definition) is 4. The van der Waals surface area contributed by atoms with E-state index in [1.807, 2.05) is 18.2 Å². The SMILES string of the molecule is COc1ccc(OC)c(C2CC2C(=O)N2C[C@H](C(=O)O)[C@@H](C3CC3)C2)c1. The molecular formula is C20H25NO5. The number of benzene rings is 1. The van der Waals surface area contributed by atoms with Crippen LogP contribution in [-0.2, 0) is 9.59 Å². The van der Waals surface area contributed by atoms with E-state index in [1.165, 1.54) is 0 Å². The van der Waals surface area contributed by atoms with Crippen molar-refractivity contribution in [3.05, 3.63) is 23.8 Å². The minimum Gasteiger partial charge on any atom is -0.497 e. The largest absolute Gasteiger partial charge is 0.497 e. The number of likely N-dealkylation sites (tertiary alicyclic amines) is 1. The van der Waals surface area contributed by atoms with Gasteiger partial charge in [-0.1, -0.05) is 0 Å². The maximum absolute atomic E-state index is 13.0. The summed E-state index contributed by atoms with van der Waals surface area (Å²) in [6, 6.07) is 5.65. The molecule has 4 atom stereocenters. The summed E-state index contributed by atoms with van der Waals surface area (Å²) in [6.45, 7) is 0.951. The zero-order valence-corrected chi connectivity index (χ0v) is 15.2. The van der Waals surface area contributed by atoms with Crippen molar-refractivity contribution in [1.82, 2.24) is 4.90 Å². The van der Waals surface area contributed by atoms with Crippen molar-refractivity contribution in [3.63, 3.8) is 0 Å². The summed E-state index contributed by atoms with van der Waals surface area (Å²) in [5.41, 5.74) is 0.998. The molecule has 1 aliphatic heterocycles. The lowest BCUT2D eigenvalue weighted by molar-refractivity contribution is -0.142. The number of amides is 1. The normalized spacial score (nSPS) is 30.2. The van der Waals surface area contributed by atoms with Gasteiger partial charge >= 0.3 is 5.97 Å². The second-order valence-corrected chi connectivity index (χ2v) is 7.75. The molecule has 0 spiro atoms. The van der Waals surface area contributed by atoms with E-state index in [-0.39, 0.29) is 23.7 Å². The number of methoxy groups -OCH3 is 2. The Labute approximate surface area is 153 Å². The van der Waals surface area contributed by atoms with Crippen LogP contribution >= 0.6 is 0 Å². The third-order valence-corrected chi connectivity index (χ3v) is 6.17. The Morgan fingerprint density at radius 1 is 1.12 bits per heavy atom. The Hall–Kier alpha value is -2.24. The zero-order chi connectivity index (χ0) is 18.4. The minimum absolute atomic E-state index is 0.0802. The van der Waals surface area contributed by atoms with E-state index in [1.54, 1.807) is 19.1 Å². The highest BCUT2D eigenvalue weighted by atomic mass is 16.5. The molecule has 6 heteroatoms. The Kier molecular flexibility index (Phi) is 4.29. The average molecular weight is 359 g/mol. The number of rotatable bonds is 6. The molecule has 6 nitrogen and oxygen atoms in total. The van der Waals surface area contributed by atoms with Gasteiger partial charge in [-0.25, -0.2) is 0 Å². The predicted molar refractivity (Wildman–Crippen MR) is 94.3 cm³/mol. The van der Waals surface area contributed by atoms with Crippen LogP contribution in [0.2, 0.25) is 0 Å². The molecule has 1 heterocycles. The molecule has 3 fully saturated rings. The summed E-state index contributed by atoms with van der Waals surface area (Å²) in [6.07, 6.45) is 2.98. The van der Waals surface area contributed by atoms with Crippen molar-refractivity contribution in [2.75, 3.05) is 27.3 Å². The van der Waals surface area contributed by atoms with E-state index in [9.17, 15) is 14.7 Å². The van der Waals surface area contributed by atoms with E-state index in [0.717, 1.165) is 36.3 Å². The van der Waals surface area contributed by atoms with Crippen LogP contribution in [0.4, 0.5) is 0 Å². The molecule has 0 bridgehead atoms. The fourth-order valence-corrected chi connectivity index (χ4v) is 4.45. The lowest BCUT2D eigenvalue weighted by atomic mass is 9.92. The third kappa shape index (κ3) is 3.02. The van der Waals surface area contributed by atoms with Gasteiger partial charge in [0.05, 0.1) is 20.1 Å². The van der Waals surface area contributed by atoms with E-state index in [2.05, 4.69) is 0 Å². The first-order valence-corrected chi connectivity index (χ1v) is 9.27. The van der Waals surface area contributed by atoms with Gasteiger partial charge in [0.1, 0.15) is 11.5 Å². The van der Waals surface area contributed by atoms with E-state index in [0.29, 0.717) is 19.0 Å². The monoisotopic (exact) mass is 359 g/mol. The fourth-order valence-electron chi connectivity index (χ4n) is 4.45. The van der Waals surface area contributed by atoms with E-state index in [4.69, 9.17) is 9.47 Å². The second-order valence-electron chi connectivity index (χ2n) is 7.75. The lowest BCUT2D eigenvalue weighted by Gasteiger charge is -2.17. The first kappa shape index (κ1) is 17.2. The zero-order valence-electron chi connectivity index (χ0n) is 15.2. The smallest absolute Gasteiger partial charge is 0.308 e. The van der Waals surface area contributed by atoms with Gasteiger partial charge < -0.3 is 19.5 Å². The van der Waals surface area contributed by atoms with Gasteiger partial charge in [0, 0.05) is 30.5 Å². The maximum atomic E-state index is 13.0. The number of carboxylic acids is 1. The molecule has 1 N–H and O–H groups in total. The molecule has 0 aromatic heterocycles. The van der Waals surface area contributed by atoms with Crippen LogP contribution in [0.25, 0.3) is 0 Å². The predicted octanol–water partition coefficient (Wildman–Crippen LogP) is 2.38. The second kappa shape index (κ2) is 6.49. The van der Waals surface area contributed by atoms with Crippen molar-refractivity contribution >= 4 is 11.9 Å². The third-order valence-electron chi connectivity index (χ3n) is 6.17. The van der Waals surface area contributed by atoms with Gasteiger partial charge in [-0.15, -0.1) is 0 Å². The first-order chi connectivity index (χ1) is 12.5.